The molecule has 0 saturated heterocycles. The zero-order chi connectivity index (χ0) is 24.9. The second-order valence-corrected chi connectivity index (χ2v) is 12.5. The van der Waals surface area contributed by atoms with Crippen molar-refractivity contribution in [1.82, 2.24) is 4.31 Å². The maximum atomic E-state index is 12.9. The highest BCUT2D eigenvalue weighted by Gasteiger charge is 2.27. The van der Waals surface area contributed by atoms with Crippen molar-refractivity contribution in [3.63, 3.8) is 0 Å². The van der Waals surface area contributed by atoms with Crippen molar-refractivity contribution in [3.8, 4) is 0 Å². The van der Waals surface area contributed by atoms with Gasteiger partial charge < -0.3 is 5.32 Å². The molecule has 1 amide bonds. The number of hydrogen-bond donors (Lipinski definition) is 2. The Kier molecular flexibility index (Phi) is 8.61. The third-order valence-corrected chi connectivity index (χ3v) is 8.32. The van der Waals surface area contributed by atoms with E-state index in [1.165, 1.54) is 68.6 Å². The predicted molar refractivity (Wildman–Crippen MR) is 128 cm³/mol. The molecule has 2 aromatic carbocycles. The smallest absolute Gasteiger partial charge is 0.261 e. The second kappa shape index (κ2) is 10.6. The lowest BCUT2D eigenvalue weighted by Gasteiger charge is -2.19. The Morgan fingerprint density at radius 1 is 0.939 bits per heavy atom. The highest BCUT2D eigenvalue weighted by Crippen LogP contribution is 2.22. The van der Waals surface area contributed by atoms with Gasteiger partial charge in [-0.25, -0.2) is 25.5 Å². The van der Waals surface area contributed by atoms with Gasteiger partial charge in [0.2, 0.25) is 15.9 Å². The van der Waals surface area contributed by atoms with Crippen LogP contribution in [0.5, 0.6) is 0 Å². The number of benzene rings is 2. The normalized spacial score (nSPS) is 12.5. The Morgan fingerprint density at radius 2 is 1.48 bits per heavy atom. The highest BCUT2D eigenvalue weighted by molar-refractivity contribution is 7.92. The number of alkyl halides is 1. The molecule has 0 fully saturated rings. The van der Waals surface area contributed by atoms with Gasteiger partial charge in [-0.05, 0) is 68.7 Å². The highest BCUT2D eigenvalue weighted by atomic mass is 32.2. The van der Waals surface area contributed by atoms with Gasteiger partial charge in [-0.1, -0.05) is 12.1 Å². The molecule has 11 heteroatoms. The number of nitrogens with one attached hydrogen (secondary N) is 2. The number of anilines is 2. The second-order valence-electron chi connectivity index (χ2n) is 8.50. The predicted octanol–water partition coefficient (Wildman–Crippen LogP) is 3.25. The van der Waals surface area contributed by atoms with Crippen molar-refractivity contribution in [2.24, 2.45) is 5.41 Å². The monoisotopic (exact) mass is 499 g/mol. The van der Waals surface area contributed by atoms with Crippen molar-refractivity contribution in [2.75, 3.05) is 36.6 Å². The molecular weight excluding hydrogens is 469 g/mol. The maximum Gasteiger partial charge on any atom is 0.261 e. The molecule has 2 N–H and O–H groups in total. The van der Waals surface area contributed by atoms with E-state index in [9.17, 15) is 26.0 Å². The SMILES string of the molecule is CN(C)S(=O)(=O)CCCc1ccc(S(=O)(=O)Nc2ccc(NC(=O)C(C)(C)CF)cc2)cc1. The number of nitrogens with zero attached hydrogens (tertiary/aromatic N) is 1. The lowest BCUT2D eigenvalue weighted by molar-refractivity contribution is -0.124. The van der Waals surface area contributed by atoms with Gasteiger partial charge in [0.15, 0.2) is 0 Å². The average Bonchev–Trinajstić information content (AvgIpc) is 2.75. The number of aryl methyl sites for hydroxylation is 1. The van der Waals surface area contributed by atoms with Crippen LogP contribution in [0, 0.1) is 5.41 Å². The number of amides is 1. The van der Waals surface area contributed by atoms with E-state index in [-0.39, 0.29) is 10.6 Å². The third kappa shape index (κ3) is 7.51. The molecule has 2 rings (SSSR count). The first-order chi connectivity index (χ1) is 15.3. The Labute approximate surface area is 195 Å². The summed E-state index contributed by atoms with van der Waals surface area (Å²) < 4.78 is 65.5. The molecule has 0 heterocycles. The molecule has 0 bridgehead atoms. The van der Waals surface area contributed by atoms with E-state index in [0.29, 0.717) is 24.2 Å². The average molecular weight is 500 g/mol. The van der Waals surface area contributed by atoms with E-state index in [0.717, 1.165) is 5.56 Å². The molecule has 182 valence electrons. The van der Waals surface area contributed by atoms with Gasteiger partial charge in [0.25, 0.3) is 10.0 Å². The Balaban J connectivity index is 1.99. The van der Waals surface area contributed by atoms with Crippen LogP contribution in [-0.2, 0) is 31.3 Å². The molecule has 0 aliphatic carbocycles. The molecular formula is C22H30FN3O5S2. The molecule has 0 atom stereocenters. The number of rotatable bonds is 11. The quantitative estimate of drug-likeness (QED) is 0.493. The summed E-state index contributed by atoms with van der Waals surface area (Å²) in [6, 6.07) is 12.3. The summed E-state index contributed by atoms with van der Waals surface area (Å²) >= 11 is 0. The minimum atomic E-state index is -3.84. The van der Waals surface area contributed by atoms with Crippen LogP contribution >= 0.6 is 0 Å². The van der Waals surface area contributed by atoms with Gasteiger partial charge in [0.05, 0.1) is 16.1 Å². The summed E-state index contributed by atoms with van der Waals surface area (Å²) in [6.45, 7) is 2.17. The van der Waals surface area contributed by atoms with Crippen molar-refractivity contribution in [1.29, 1.82) is 0 Å². The fraction of sp³-hybridized carbons (Fsp3) is 0.409. The van der Waals surface area contributed by atoms with Crippen LogP contribution in [0.1, 0.15) is 25.8 Å². The first kappa shape index (κ1) is 26.7. The number of carbonyl (C=O) groups excluding carboxylic acids is 1. The lowest BCUT2D eigenvalue weighted by Crippen LogP contribution is -2.32. The fourth-order valence-corrected chi connectivity index (χ4v) is 4.61. The Bertz CT molecular complexity index is 1160. The number of sulfonamides is 2. The summed E-state index contributed by atoms with van der Waals surface area (Å²) in [7, 11) is -4.13. The van der Waals surface area contributed by atoms with Gasteiger partial charge in [-0.15, -0.1) is 0 Å². The van der Waals surface area contributed by atoms with Gasteiger partial charge in [0, 0.05) is 25.5 Å². The molecule has 33 heavy (non-hydrogen) atoms. The molecule has 0 radical (unpaired) electrons. The van der Waals surface area contributed by atoms with E-state index in [4.69, 9.17) is 0 Å². The van der Waals surface area contributed by atoms with Gasteiger partial charge in [-0.3, -0.25) is 9.52 Å². The van der Waals surface area contributed by atoms with Crippen molar-refractivity contribution in [3.05, 3.63) is 54.1 Å². The Morgan fingerprint density at radius 3 is 2.00 bits per heavy atom. The maximum absolute atomic E-state index is 12.9. The number of halogens is 1. The first-order valence-corrected chi connectivity index (χ1v) is 13.4. The van der Waals surface area contributed by atoms with E-state index < -0.39 is 38.0 Å². The van der Waals surface area contributed by atoms with Crippen LogP contribution in [0.15, 0.2) is 53.4 Å². The summed E-state index contributed by atoms with van der Waals surface area (Å²) in [6.07, 6.45) is 0.934. The number of carbonyl (C=O) groups is 1. The first-order valence-electron chi connectivity index (χ1n) is 10.3. The number of hydrogen-bond acceptors (Lipinski definition) is 5. The third-order valence-electron chi connectivity index (χ3n) is 5.00. The zero-order valence-electron chi connectivity index (χ0n) is 19.1. The van der Waals surface area contributed by atoms with Crippen LogP contribution in [0.4, 0.5) is 15.8 Å². The lowest BCUT2D eigenvalue weighted by atomic mass is 9.94. The van der Waals surface area contributed by atoms with Crippen molar-refractivity contribution in [2.45, 2.75) is 31.6 Å². The molecule has 0 unspecified atom stereocenters. The van der Waals surface area contributed by atoms with Gasteiger partial charge >= 0.3 is 0 Å². The summed E-state index contributed by atoms with van der Waals surface area (Å²) in [5.41, 5.74) is 0.396. The molecule has 0 aliphatic rings. The van der Waals surface area contributed by atoms with Crippen LogP contribution in [-0.4, -0.2) is 53.6 Å². The zero-order valence-corrected chi connectivity index (χ0v) is 20.8. The van der Waals surface area contributed by atoms with E-state index in [1.54, 1.807) is 12.1 Å². The van der Waals surface area contributed by atoms with Crippen LogP contribution < -0.4 is 10.0 Å². The minimum absolute atomic E-state index is 0.0172. The summed E-state index contributed by atoms with van der Waals surface area (Å²) in [4.78, 5) is 12.1. The molecule has 0 aliphatic heterocycles. The van der Waals surface area contributed by atoms with Crippen molar-refractivity contribution < 1.29 is 26.0 Å². The van der Waals surface area contributed by atoms with Crippen LogP contribution in [0.25, 0.3) is 0 Å². The summed E-state index contributed by atoms with van der Waals surface area (Å²) in [5.74, 6) is -0.457. The fourth-order valence-electron chi connectivity index (χ4n) is 2.67. The van der Waals surface area contributed by atoms with Gasteiger partial charge in [0.1, 0.15) is 6.67 Å². The molecule has 0 spiro atoms. The standard InChI is InChI=1S/C22H30FN3O5S2/c1-22(2,16-23)21(27)24-18-9-11-19(12-10-18)25-33(30,31)20-13-7-17(8-14-20)6-5-15-32(28,29)26(3)4/h7-14,25H,5-6,15-16H2,1-4H3,(H,24,27). The van der Waals surface area contributed by atoms with Gasteiger partial charge in [-0.2, -0.15) is 0 Å². The Hall–Kier alpha value is -2.50. The van der Waals surface area contributed by atoms with Crippen LogP contribution in [0.3, 0.4) is 0 Å². The molecule has 0 saturated carbocycles. The minimum Gasteiger partial charge on any atom is -0.326 e. The molecule has 0 aromatic heterocycles. The topological polar surface area (TPSA) is 113 Å². The van der Waals surface area contributed by atoms with Crippen LogP contribution in [0.2, 0.25) is 0 Å². The summed E-state index contributed by atoms with van der Waals surface area (Å²) in [5, 5.41) is 2.60. The molecule has 2 aromatic rings. The van der Waals surface area contributed by atoms with Crippen molar-refractivity contribution >= 4 is 37.3 Å². The van der Waals surface area contributed by atoms with E-state index in [2.05, 4.69) is 10.0 Å². The van der Waals surface area contributed by atoms with E-state index in [1.807, 2.05) is 0 Å². The molecule has 8 nitrogen and oxygen atoms in total. The van der Waals surface area contributed by atoms with E-state index >= 15 is 0 Å². The largest absolute Gasteiger partial charge is 0.326 e.